The van der Waals surface area contributed by atoms with Crippen molar-refractivity contribution in [3.63, 3.8) is 0 Å². The number of likely N-dealkylation sites (tertiary alicyclic amines) is 2. The van der Waals surface area contributed by atoms with Crippen molar-refractivity contribution in [2.75, 3.05) is 50.7 Å². The smallest absolute Gasteiger partial charge is 0.101 e. The van der Waals surface area contributed by atoms with Crippen LogP contribution >= 0.6 is 24.8 Å². The number of anilines is 1. The molecule has 3 saturated heterocycles. The number of piperidine rings is 2. The molecule has 0 N–H and O–H groups in total. The Morgan fingerprint density at radius 3 is 2.53 bits per heavy atom. The summed E-state index contributed by atoms with van der Waals surface area (Å²) in [6.07, 6.45) is 8.90. The maximum Gasteiger partial charge on any atom is 0.101 e. The highest BCUT2D eigenvalue weighted by atomic mass is 35.5. The molecular weight excluding hydrogens is 469 g/mol. The summed E-state index contributed by atoms with van der Waals surface area (Å²) in [5.74, 6) is 0. The Morgan fingerprint density at radius 1 is 1.03 bits per heavy atom. The molecule has 34 heavy (non-hydrogen) atoms. The number of hydrogen-bond acceptors (Lipinski definition) is 6. The minimum atomic E-state index is 0. The molecule has 186 valence electrons. The van der Waals surface area contributed by atoms with E-state index in [1.165, 1.54) is 58.3 Å². The number of halogens is 2. The largest absolute Gasteiger partial charge is 0.370 e. The van der Waals surface area contributed by atoms with Gasteiger partial charge >= 0.3 is 0 Å². The van der Waals surface area contributed by atoms with Gasteiger partial charge in [0.1, 0.15) is 6.07 Å². The van der Waals surface area contributed by atoms with Crippen molar-refractivity contribution in [2.24, 2.45) is 0 Å². The van der Waals surface area contributed by atoms with Gasteiger partial charge in [-0.2, -0.15) is 5.26 Å². The first-order valence-corrected chi connectivity index (χ1v) is 12.4. The highest BCUT2D eigenvalue weighted by molar-refractivity contribution is 5.95. The molecule has 3 aliphatic heterocycles. The second kappa shape index (κ2) is 12.4. The second-order valence-corrected chi connectivity index (χ2v) is 9.75. The molecule has 0 aliphatic carbocycles. The Labute approximate surface area is 216 Å². The molecule has 0 spiro atoms. The van der Waals surface area contributed by atoms with Crippen LogP contribution < -0.4 is 4.90 Å². The number of pyridine rings is 1. The molecular formula is C26H37Cl2N5O. The second-order valence-electron chi connectivity index (χ2n) is 9.75. The fourth-order valence-electron chi connectivity index (χ4n) is 5.90. The van der Waals surface area contributed by atoms with Crippen LogP contribution in [0.4, 0.5) is 5.69 Å². The summed E-state index contributed by atoms with van der Waals surface area (Å²) in [6.45, 7) is 9.88. The van der Waals surface area contributed by atoms with Crippen molar-refractivity contribution in [2.45, 2.75) is 57.3 Å². The zero-order chi connectivity index (χ0) is 21.9. The number of fused-ring (bicyclic) bond motifs is 1. The van der Waals surface area contributed by atoms with E-state index in [4.69, 9.17) is 4.74 Å². The molecule has 5 rings (SSSR count). The molecule has 3 fully saturated rings. The predicted octanol–water partition coefficient (Wildman–Crippen LogP) is 4.49. The van der Waals surface area contributed by atoms with Gasteiger partial charge in [0.2, 0.25) is 0 Å². The van der Waals surface area contributed by atoms with Crippen LogP contribution in [0.3, 0.4) is 0 Å². The molecule has 8 heteroatoms. The zero-order valence-electron chi connectivity index (χ0n) is 20.1. The Morgan fingerprint density at radius 2 is 1.79 bits per heavy atom. The molecule has 0 saturated carbocycles. The molecule has 1 aromatic heterocycles. The van der Waals surface area contributed by atoms with Gasteiger partial charge in [0.05, 0.1) is 23.3 Å². The summed E-state index contributed by atoms with van der Waals surface area (Å²) in [5.41, 5.74) is 2.60. The van der Waals surface area contributed by atoms with Crippen molar-refractivity contribution in [1.29, 1.82) is 5.26 Å². The zero-order valence-corrected chi connectivity index (χ0v) is 21.7. The van der Waals surface area contributed by atoms with Gasteiger partial charge in [0.15, 0.2) is 0 Å². The monoisotopic (exact) mass is 505 g/mol. The Kier molecular flexibility index (Phi) is 9.82. The molecule has 3 aliphatic rings. The number of rotatable bonds is 4. The SMILES string of the molecule is C[C@@H]1CN(c2ccc(C#N)c3ncccc23)C[C@H](CN2CCC(N3CCCCC3)CC2)O1.Cl.Cl. The molecule has 0 amide bonds. The molecule has 2 atom stereocenters. The van der Waals surface area contributed by atoms with E-state index in [1.807, 2.05) is 12.1 Å². The lowest BCUT2D eigenvalue weighted by Gasteiger charge is -2.43. The van der Waals surface area contributed by atoms with Gasteiger partial charge in [-0.15, -0.1) is 24.8 Å². The molecule has 2 aromatic rings. The van der Waals surface area contributed by atoms with Crippen LogP contribution in [0.1, 0.15) is 44.6 Å². The van der Waals surface area contributed by atoms with Crippen molar-refractivity contribution in [3.8, 4) is 6.07 Å². The Balaban J connectivity index is 0.00000162. The number of nitrogens with zero attached hydrogens (tertiary/aromatic N) is 5. The van der Waals surface area contributed by atoms with E-state index in [0.29, 0.717) is 5.56 Å². The fraction of sp³-hybridized carbons (Fsp3) is 0.615. The number of benzene rings is 1. The van der Waals surface area contributed by atoms with Crippen LogP contribution in [0.2, 0.25) is 0 Å². The topological polar surface area (TPSA) is 55.6 Å². The number of morpholine rings is 1. The third kappa shape index (κ3) is 5.95. The lowest BCUT2D eigenvalue weighted by Crippen LogP contribution is -2.53. The van der Waals surface area contributed by atoms with E-state index in [1.54, 1.807) is 6.20 Å². The average Bonchev–Trinajstić information content (AvgIpc) is 2.84. The minimum Gasteiger partial charge on any atom is -0.370 e. The summed E-state index contributed by atoms with van der Waals surface area (Å²) in [5, 5.41) is 10.5. The maximum absolute atomic E-state index is 9.47. The fourth-order valence-corrected chi connectivity index (χ4v) is 5.90. The first-order valence-electron chi connectivity index (χ1n) is 12.4. The summed E-state index contributed by atoms with van der Waals surface area (Å²) in [6, 6.07) is 11.1. The first kappa shape index (κ1) is 27.0. The molecule has 0 radical (unpaired) electrons. The maximum atomic E-state index is 9.47. The third-order valence-corrected chi connectivity index (χ3v) is 7.46. The van der Waals surface area contributed by atoms with Crippen molar-refractivity contribution >= 4 is 41.4 Å². The van der Waals surface area contributed by atoms with E-state index in [0.717, 1.165) is 42.3 Å². The quantitative estimate of drug-likeness (QED) is 0.609. The van der Waals surface area contributed by atoms with Gasteiger partial charge in [-0.05, 0) is 83.1 Å². The number of hydrogen-bond donors (Lipinski definition) is 0. The first-order chi connectivity index (χ1) is 15.7. The van der Waals surface area contributed by atoms with Crippen LogP contribution in [0.15, 0.2) is 30.5 Å². The van der Waals surface area contributed by atoms with Gasteiger partial charge in [-0.3, -0.25) is 4.98 Å². The standard InChI is InChI=1S/C26H35N5O.2ClH/c1-20-17-31(25-8-7-21(16-27)26-24(25)6-5-11-28-26)19-23(32-20)18-29-14-9-22(10-15-29)30-12-3-2-4-13-30;;/h5-8,11,20,22-23H,2-4,9-10,12-15,17-19H2,1H3;2*1H/t20-,23+;;/m1../s1. The molecule has 0 unspecified atom stereocenters. The van der Waals surface area contributed by atoms with Crippen LogP contribution in [-0.2, 0) is 4.74 Å². The van der Waals surface area contributed by atoms with Gasteiger partial charge in [-0.1, -0.05) is 6.42 Å². The lowest BCUT2D eigenvalue weighted by atomic mass is 9.99. The normalized spacial score (nSPS) is 24.8. The molecule has 1 aromatic carbocycles. The van der Waals surface area contributed by atoms with Crippen LogP contribution in [0.5, 0.6) is 0 Å². The van der Waals surface area contributed by atoms with Gasteiger partial charge in [0.25, 0.3) is 0 Å². The Bertz CT molecular complexity index is 969. The van der Waals surface area contributed by atoms with Gasteiger partial charge < -0.3 is 19.4 Å². The third-order valence-electron chi connectivity index (χ3n) is 7.46. The van der Waals surface area contributed by atoms with Gasteiger partial charge in [0, 0.05) is 42.9 Å². The average molecular weight is 507 g/mol. The number of nitriles is 1. The van der Waals surface area contributed by atoms with Crippen LogP contribution in [0, 0.1) is 11.3 Å². The summed E-state index contributed by atoms with van der Waals surface area (Å²) in [7, 11) is 0. The van der Waals surface area contributed by atoms with E-state index in [9.17, 15) is 5.26 Å². The van der Waals surface area contributed by atoms with Crippen molar-refractivity contribution in [1.82, 2.24) is 14.8 Å². The highest BCUT2D eigenvalue weighted by Crippen LogP contribution is 2.30. The highest BCUT2D eigenvalue weighted by Gasteiger charge is 2.31. The van der Waals surface area contributed by atoms with Crippen LogP contribution in [-0.4, -0.2) is 78.8 Å². The van der Waals surface area contributed by atoms with E-state index < -0.39 is 0 Å². The molecule has 0 bridgehead atoms. The Hall–Kier alpha value is -1.62. The van der Waals surface area contributed by atoms with E-state index in [-0.39, 0.29) is 37.0 Å². The van der Waals surface area contributed by atoms with E-state index >= 15 is 0 Å². The van der Waals surface area contributed by atoms with Crippen molar-refractivity contribution < 1.29 is 4.74 Å². The van der Waals surface area contributed by atoms with Crippen LogP contribution in [0.25, 0.3) is 10.9 Å². The van der Waals surface area contributed by atoms with Crippen molar-refractivity contribution in [3.05, 3.63) is 36.0 Å². The number of ether oxygens (including phenoxy) is 1. The summed E-state index contributed by atoms with van der Waals surface area (Å²) in [4.78, 5) is 12.3. The summed E-state index contributed by atoms with van der Waals surface area (Å²) < 4.78 is 6.38. The number of aromatic nitrogens is 1. The predicted molar refractivity (Wildman–Crippen MR) is 142 cm³/mol. The molecule has 6 nitrogen and oxygen atoms in total. The summed E-state index contributed by atoms with van der Waals surface area (Å²) >= 11 is 0. The lowest BCUT2D eigenvalue weighted by molar-refractivity contribution is -0.0380. The van der Waals surface area contributed by atoms with E-state index in [2.05, 4.69) is 44.8 Å². The van der Waals surface area contributed by atoms with Gasteiger partial charge in [-0.25, -0.2) is 0 Å². The molecule has 4 heterocycles. The minimum absolute atomic E-state index is 0.